The molecule has 2 aromatic carbocycles. The molecule has 0 radical (unpaired) electrons. The topological polar surface area (TPSA) is 64.7 Å². The third-order valence-corrected chi connectivity index (χ3v) is 3.00. The summed E-state index contributed by atoms with van der Waals surface area (Å²) in [7, 11) is 0. The Morgan fingerprint density at radius 3 is 2.62 bits per heavy atom. The molecule has 21 heavy (non-hydrogen) atoms. The summed E-state index contributed by atoms with van der Waals surface area (Å²) in [6.07, 6.45) is 1.55. The molecule has 0 N–H and O–H groups in total. The van der Waals surface area contributed by atoms with Crippen molar-refractivity contribution in [3.63, 3.8) is 0 Å². The molecule has 0 bridgehead atoms. The van der Waals surface area contributed by atoms with Crippen molar-refractivity contribution in [2.24, 2.45) is 4.99 Å². The van der Waals surface area contributed by atoms with Gasteiger partial charge in [-0.25, -0.2) is 0 Å². The molecule has 0 aliphatic rings. The number of hydrogen-bond donors (Lipinski definition) is 0. The second-order valence-corrected chi connectivity index (χ2v) is 4.56. The summed E-state index contributed by atoms with van der Waals surface area (Å²) in [6, 6.07) is 11.8. The van der Waals surface area contributed by atoms with Crippen LogP contribution in [0.3, 0.4) is 0 Å². The van der Waals surface area contributed by atoms with Gasteiger partial charge in [-0.15, -0.1) is 0 Å². The molecule has 2 rings (SSSR count). The molecule has 5 nitrogen and oxygen atoms in total. The van der Waals surface area contributed by atoms with E-state index in [4.69, 9.17) is 16.3 Å². The molecule has 0 heterocycles. The Kier molecular flexibility index (Phi) is 4.90. The van der Waals surface area contributed by atoms with E-state index in [0.29, 0.717) is 12.2 Å². The van der Waals surface area contributed by atoms with Crippen LogP contribution in [0.5, 0.6) is 5.75 Å². The van der Waals surface area contributed by atoms with E-state index in [1.807, 2.05) is 31.2 Å². The van der Waals surface area contributed by atoms with Crippen LogP contribution in [0.25, 0.3) is 0 Å². The molecule has 0 amide bonds. The minimum Gasteiger partial charge on any atom is -0.494 e. The van der Waals surface area contributed by atoms with Gasteiger partial charge in [0.25, 0.3) is 5.69 Å². The Morgan fingerprint density at radius 1 is 1.29 bits per heavy atom. The first kappa shape index (κ1) is 15.0. The average molecular weight is 305 g/mol. The highest BCUT2D eigenvalue weighted by Crippen LogP contribution is 2.25. The standard InChI is InChI=1S/C15H13ClN2O3/c1-2-21-13-6-4-12(5-7-13)17-10-11-3-8-14(16)15(9-11)18(19)20/h3-10H,2H2,1H3. The highest BCUT2D eigenvalue weighted by Gasteiger charge is 2.11. The molecule has 0 atom stereocenters. The predicted molar refractivity (Wildman–Crippen MR) is 83.0 cm³/mol. The largest absolute Gasteiger partial charge is 0.494 e. The molecule has 6 heteroatoms. The summed E-state index contributed by atoms with van der Waals surface area (Å²) in [6.45, 7) is 2.52. The number of hydrogen-bond acceptors (Lipinski definition) is 4. The van der Waals surface area contributed by atoms with Crippen molar-refractivity contribution in [3.8, 4) is 5.75 Å². The number of benzene rings is 2. The van der Waals surface area contributed by atoms with Crippen LogP contribution in [0.1, 0.15) is 12.5 Å². The minimum atomic E-state index is -0.517. The number of halogens is 1. The Labute approximate surface area is 127 Å². The van der Waals surface area contributed by atoms with Crippen molar-refractivity contribution in [3.05, 3.63) is 63.2 Å². The lowest BCUT2D eigenvalue weighted by atomic mass is 10.2. The van der Waals surface area contributed by atoms with Crippen LogP contribution in [-0.2, 0) is 0 Å². The third kappa shape index (κ3) is 4.03. The molecule has 0 aliphatic carbocycles. The van der Waals surface area contributed by atoms with Crippen LogP contribution < -0.4 is 4.74 Å². The van der Waals surface area contributed by atoms with Crippen LogP contribution in [0.4, 0.5) is 11.4 Å². The smallest absolute Gasteiger partial charge is 0.288 e. The van der Waals surface area contributed by atoms with Crippen molar-refractivity contribution in [1.82, 2.24) is 0 Å². The van der Waals surface area contributed by atoms with Gasteiger partial charge >= 0.3 is 0 Å². The molecule has 2 aromatic rings. The molecule has 0 spiro atoms. The number of rotatable bonds is 5. The SMILES string of the molecule is CCOc1ccc(N=Cc2ccc(Cl)c([N+](=O)[O-])c2)cc1. The van der Waals surface area contributed by atoms with Crippen molar-refractivity contribution >= 4 is 29.2 Å². The lowest BCUT2D eigenvalue weighted by Gasteiger charge is -2.02. The molecule has 0 saturated heterocycles. The number of ether oxygens (including phenoxy) is 1. The van der Waals surface area contributed by atoms with Crippen molar-refractivity contribution in [2.75, 3.05) is 6.61 Å². The number of nitro groups is 1. The van der Waals surface area contributed by atoms with Gasteiger partial charge in [0.15, 0.2) is 0 Å². The lowest BCUT2D eigenvalue weighted by molar-refractivity contribution is -0.384. The molecular weight excluding hydrogens is 292 g/mol. The first-order valence-electron chi connectivity index (χ1n) is 6.31. The van der Waals surface area contributed by atoms with Crippen LogP contribution in [0.15, 0.2) is 47.5 Å². The second kappa shape index (κ2) is 6.85. The van der Waals surface area contributed by atoms with Gasteiger partial charge in [-0.2, -0.15) is 0 Å². The summed E-state index contributed by atoms with van der Waals surface area (Å²) < 4.78 is 5.34. The molecule has 0 saturated carbocycles. The maximum absolute atomic E-state index is 10.8. The maximum atomic E-state index is 10.8. The first-order valence-corrected chi connectivity index (χ1v) is 6.69. The van der Waals surface area contributed by atoms with Crippen molar-refractivity contribution in [1.29, 1.82) is 0 Å². The first-order chi connectivity index (χ1) is 10.1. The van der Waals surface area contributed by atoms with E-state index in [-0.39, 0.29) is 10.7 Å². The van der Waals surface area contributed by atoms with Crippen LogP contribution >= 0.6 is 11.6 Å². The van der Waals surface area contributed by atoms with Gasteiger partial charge in [-0.05, 0) is 42.8 Å². The summed E-state index contributed by atoms with van der Waals surface area (Å²) in [5.74, 6) is 0.776. The van der Waals surface area contributed by atoms with E-state index >= 15 is 0 Å². The van der Waals surface area contributed by atoms with Gasteiger partial charge in [0, 0.05) is 12.3 Å². The zero-order valence-electron chi connectivity index (χ0n) is 11.3. The van der Waals surface area contributed by atoms with E-state index in [1.54, 1.807) is 12.3 Å². The predicted octanol–water partition coefficient (Wildman–Crippen LogP) is 4.40. The fourth-order valence-corrected chi connectivity index (χ4v) is 1.88. The van der Waals surface area contributed by atoms with Gasteiger partial charge in [0.05, 0.1) is 17.2 Å². The Balaban J connectivity index is 2.17. The van der Waals surface area contributed by atoms with Gasteiger partial charge in [-0.1, -0.05) is 17.7 Å². The molecular formula is C15H13ClN2O3. The summed E-state index contributed by atoms with van der Waals surface area (Å²) in [4.78, 5) is 14.6. The van der Waals surface area contributed by atoms with Crippen LogP contribution in [-0.4, -0.2) is 17.7 Å². The zero-order chi connectivity index (χ0) is 15.2. The molecule has 108 valence electrons. The summed E-state index contributed by atoms with van der Waals surface area (Å²) in [5, 5.41) is 10.9. The average Bonchev–Trinajstić information content (AvgIpc) is 2.48. The van der Waals surface area contributed by atoms with Crippen LogP contribution in [0, 0.1) is 10.1 Å². The van der Waals surface area contributed by atoms with Gasteiger partial charge in [0.1, 0.15) is 10.8 Å². The monoisotopic (exact) mass is 304 g/mol. The van der Waals surface area contributed by atoms with E-state index in [9.17, 15) is 10.1 Å². The molecule has 0 aromatic heterocycles. The van der Waals surface area contributed by atoms with E-state index in [1.165, 1.54) is 12.1 Å². The zero-order valence-corrected chi connectivity index (χ0v) is 12.1. The van der Waals surface area contributed by atoms with Gasteiger partial charge in [-0.3, -0.25) is 15.1 Å². The number of nitrogens with zero attached hydrogens (tertiary/aromatic N) is 2. The third-order valence-electron chi connectivity index (χ3n) is 2.68. The summed E-state index contributed by atoms with van der Waals surface area (Å²) in [5.41, 5.74) is 1.21. The normalized spacial score (nSPS) is 10.8. The van der Waals surface area contributed by atoms with Crippen molar-refractivity contribution in [2.45, 2.75) is 6.92 Å². The number of nitro benzene ring substituents is 1. The fraction of sp³-hybridized carbons (Fsp3) is 0.133. The second-order valence-electron chi connectivity index (χ2n) is 4.15. The number of aliphatic imine (C=N–C) groups is 1. The van der Waals surface area contributed by atoms with E-state index in [2.05, 4.69) is 4.99 Å². The molecule has 0 aliphatic heterocycles. The Hall–Kier alpha value is -2.40. The fourth-order valence-electron chi connectivity index (χ4n) is 1.69. The molecule has 0 fully saturated rings. The Bertz CT molecular complexity index is 669. The molecule has 0 unspecified atom stereocenters. The minimum absolute atomic E-state index is 0.109. The summed E-state index contributed by atoms with van der Waals surface area (Å²) >= 11 is 5.76. The Morgan fingerprint density at radius 2 is 2.00 bits per heavy atom. The van der Waals surface area contributed by atoms with E-state index in [0.717, 1.165) is 11.4 Å². The van der Waals surface area contributed by atoms with Crippen molar-refractivity contribution < 1.29 is 9.66 Å². The maximum Gasteiger partial charge on any atom is 0.288 e. The van der Waals surface area contributed by atoms with Gasteiger partial charge in [0.2, 0.25) is 0 Å². The highest BCUT2D eigenvalue weighted by atomic mass is 35.5. The van der Waals surface area contributed by atoms with E-state index < -0.39 is 4.92 Å². The quantitative estimate of drug-likeness (QED) is 0.467. The van der Waals surface area contributed by atoms with Crippen LogP contribution in [0.2, 0.25) is 5.02 Å². The lowest BCUT2D eigenvalue weighted by Crippen LogP contribution is -1.91. The highest BCUT2D eigenvalue weighted by molar-refractivity contribution is 6.32. The van der Waals surface area contributed by atoms with Gasteiger partial charge < -0.3 is 4.74 Å².